The summed E-state index contributed by atoms with van der Waals surface area (Å²) in [5.41, 5.74) is 0. The molecule has 0 saturated heterocycles. The van der Waals surface area contributed by atoms with E-state index in [1.54, 1.807) is 0 Å². The molecule has 0 radical (unpaired) electrons. The van der Waals surface area contributed by atoms with Crippen molar-refractivity contribution in [2.24, 2.45) is 23.7 Å². The second-order valence-corrected chi connectivity index (χ2v) is 7.68. The largest absolute Gasteiger partial charge is 0.478 e. The first kappa shape index (κ1) is 17.6. The zero-order valence-electron chi connectivity index (χ0n) is 14.3. The van der Waals surface area contributed by atoms with Crippen LogP contribution in [0.5, 0.6) is 0 Å². The van der Waals surface area contributed by atoms with Crippen LogP contribution in [0.15, 0.2) is 12.2 Å². The molecule has 0 atom stereocenters. The fraction of sp³-hybridized carbons (Fsp3) is 0.850. The van der Waals surface area contributed by atoms with E-state index in [4.69, 9.17) is 5.11 Å². The smallest absolute Gasteiger partial charge is 0.327 e. The van der Waals surface area contributed by atoms with Crippen LogP contribution in [-0.4, -0.2) is 11.1 Å². The Morgan fingerprint density at radius 2 is 1.50 bits per heavy atom. The van der Waals surface area contributed by atoms with Crippen molar-refractivity contribution in [3.05, 3.63) is 12.2 Å². The average Bonchev–Trinajstić information content (AvgIpc) is 2.54. The van der Waals surface area contributed by atoms with Gasteiger partial charge in [0.05, 0.1) is 0 Å². The molecule has 0 heterocycles. The third-order valence-electron chi connectivity index (χ3n) is 6.15. The lowest BCUT2D eigenvalue weighted by atomic mass is 9.68. The molecule has 22 heavy (non-hydrogen) atoms. The molecule has 2 saturated carbocycles. The van der Waals surface area contributed by atoms with E-state index in [2.05, 4.69) is 6.92 Å². The number of hydrogen-bond acceptors (Lipinski definition) is 1. The number of aliphatic carboxylic acids is 1. The Morgan fingerprint density at radius 1 is 0.955 bits per heavy atom. The first-order chi connectivity index (χ1) is 10.7. The van der Waals surface area contributed by atoms with E-state index in [0.29, 0.717) is 0 Å². The summed E-state index contributed by atoms with van der Waals surface area (Å²) in [6.07, 6.45) is 19.7. The summed E-state index contributed by atoms with van der Waals surface area (Å²) in [5.74, 6) is 2.90. The quantitative estimate of drug-likeness (QED) is 0.602. The van der Waals surface area contributed by atoms with Crippen molar-refractivity contribution in [2.75, 3.05) is 0 Å². The maximum atomic E-state index is 10.5. The Morgan fingerprint density at radius 3 is 2.00 bits per heavy atom. The third kappa shape index (κ3) is 5.78. The van der Waals surface area contributed by atoms with Crippen LogP contribution in [0.4, 0.5) is 0 Å². The molecule has 2 nitrogen and oxygen atoms in total. The van der Waals surface area contributed by atoms with E-state index >= 15 is 0 Å². The number of unbranched alkanes of at least 4 members (excludes halogenated alkanes) is 1. The SMILES string of the molecule is CCCCC1CCC(C2CCC(CC=CC(=O)O)CC2)CC1. The lowest BCUT2D eigenvalue weighted by Gasteiger charge is -2.37. The normalized spacial score (nSPS) is 33.1. The maximum absolute atomic E-state index is 10.5. The number of carboxylic acids is 1. The van der Waals surface area contributed by atoms with Crippen LogP contribution in [0, 0.1) is 23.7 Å². The van der Waals surface area contributed by atoms with Crippen molar-refractivity contribution >= 4 is 5.97 Å². The van der Waals surface area contributed by atoms with Gasteiger partial charge in [0, 0.05) is 6.08 Å². The molecular formula is C20H34O2. The fourth-order valence-electron chi connectivity index (χ4n) is 4.70. The molecule has 2 heteroatoms. The predicted molar refractivity (Wildman–Crippen MR) is 91.8 cm³/mol. The average molecular weight is 306 g/mol. The zero-order chi connectivity index (χ0) is 15.8. The summed E-state index contributed by atoms with van der Waals surface area (Å²) < 4.78 is 0. The molecule has 0 aromatic carbocycles. The Hall–Kier alpha value is -0.790. The summed E-state index contributed by atoms with van der Waals surface area (Å²) in [5, 5.41) is 8.64. The molecule has 0 amide bonds. The Kier molecular flexibility index (Phi) is 7.48. The minimum absolute atomic E-state index is 0.729. The van der Waals surface area contributed by atoms with Crippen LogP contribution in [0.1, 0.15) is 84.0 Å². The first-order valence-corrected chi connectivity index (χ1v) is 9.58. The highest BCUT2D eigenvalue weighted by Gasteiger charge is 2.30. The summed E-state index contributed by atoms with van der Waals surface area (Å²) in [7, 11) is 0. The molecule has 0 aliphatic heterocycles. The first-order valence-electron chi connectivity index (χ1n) is 9.58. The van der Waals surface area contributed by atoms with Crippen molar-refractivity contribution in [2.45, 2.75) is 84.0 Å². The van der Waals surface area contributed by atoms with Crippen molar-refractivity contribution < 1.29 is 9.90 Å². The molecule has 0 spiro atoms. The zero-order valence-corrected chi connectivity index (χ0v) is 14.3. The summed E-state index contributed by atoms with van der Waals surface area (Å²) in [6.45, 7) is 2.30. The van der Waals surface area contributed by atoms with E-state index in [0.717, 1.165) is 30.1 Å². The summed E-state index contributed by atoms with van der Waals surface area (Å²) in [4.78, 5) is 10.5. The van der Waals surface area contributed by atoms with Gasteiger partial charge in [-0.15, -0.1) is 0 Å². The maximum Gasteiger partial charge on any atom is 0.327 e. The van der Waals surface area contributed by atoms with Crippen molar-refractivity contribution in [3.63, 3.8) is 0 Å². The minimum atomic E-state index is -0.812. The molecular weight excluding hydrogens is 272 g/mol. The Balaban J connectivity index is 1.64. The van der Waals surface area contributed by atoms with E-state index in [9.17, 15) is 4.79 Å². The van der Waals surface area contributed by atoms with Gasteiger partial charge in [-0.25, -0.2) is 4.79 Å². The second-order valence-electron chi connectivity index (χ2n) is 7.68. The Labute approximate surface area is 136 Å². The molecule has 0 aromatic rings. The molecule has 2 aliphatic carbocycles. The summed E-state index contributed by atoms with van der Waals surface area (Å²) >= 11 is 0. The fourth-order valence-corrected chi connectivity index (χ4v) is 4.70. The van der Waals surface area contributed by atoms with Crippen LogP contribution >= 0.6 is 0 Å². The topological polar surface area (TPSA) is 37.3 Å². The van der Waals surface area contributed by atoms with Gasteiger partial charge in [-0.2, -0.15) is 0 Å². The number of hydrogen-bond donors (Lipinski definition) is 1. The number of carbonyl (C=O) groups is 1. The standard InChI is InChI=1S/C20H34O2/c1-2-3-5-16-8-12-18(13-9-16)19-14-10-17(11-15-19)6-4-7-20(21)22/h4,7,16-19H,2-3,5-6,8-15H2,1H3,(H,21,22). The van der Waals surface area contributed by atoms with Gasteiger partial charge in [-0.3, -0.25) is 0 Å². The molecule has 2 rings (SSSR count). The molecule has 126 valence electrons. The van der Waals surface area contributed by atoms with E-state index in [1.165, 1.54) is 76.7 Å². The lowest BCUT2D eigenvalue weighted by molar-refractivity contribution is -0.131. The molecule has 2 aliphatic rings. The van der Waals surface area contributed by atoms with E-state index < -0.39 is 5.97 Å². The highest BCUT2D eigenvalue weighted by atomic mass is 16.4. The predicted octanol–water partition coefficient (Wildman–Crippen LogP) is 5.82. The number of carboxylic acid groups (broad SMARTS) is 1. The van der Waals surface area contributed by atoms with Gasteiger partial charge >= 0.3 is 5.97 Å². The van der Waals surface area contributed by atoms with Gasteiger partial charge in [0.15, 0.2) is 0 Å². The lowest BCUT2D eigenvalue weighted by Crippen LogP contribution is -2.25. The van der Waals surface area contributed by atoms with Crippen molar-refractivity contribution in [1.29, 1.82) is 0 Å². The Bertz CT molecular complexity index is 345. The van der Waals surface area contributed by atoms with Gasteiger partial charge in [-0.05, 0) is 68.6 Å². The second kappa shape index (κ2) is 9.37. The van der Waals surface area contributed by atoms with Crippen LogP contribution in [-0.2, 0) is 4.79 Å². The van der Waals surface area contributed by atoms with Crippen LogP contribution in [0.2, 0.25) is 0 Å². The van der Waals surface area contributed by atoms with Crippen molar-refractivity contribution in [1.82, 2.24) is 0 Å². The summed E-state index contributed by atoms with van der Waals surface area (Å²) in [6, 6.07) is 0. The number of rotatable bonds is 7. The van der Waals surface area contributed by atoms with E-state index in [-0.39, 0.29) is 0 Å². The van der Waals surface area contributed by atoms with Gasteiger partial charge in [0.2, 0.25) is 0 Å². The van der Waals surface area contributed by atoms with Gasteiger partial charge in [-0.1, -0.05) is 45.1 Å². The van der Waals surface area contributed by atoms with Crippen LogP contribution in [0.25, 0.3) is 0 Å². The monoisotopic (exact) mass is 306 g/mol. The molecule has 2 fully saturated rings. The molecule has 0 unspecified atom stereocenters. The van der Waals surface area contributed by atoms with Crippen LogP contribution in [0.3, 0.4) is 0 Å². The van der Waals surface area contributed by atoms with Gasteiger partial charge < -0.3 is 5.11 Å². The highest BCUT2D eigenvalue weighted by Crippen LogP contribution is 2.42. The minimum Gasteiger partial charge on any atom is -0.478 e. The number of allylic oxidation sites excluding steroid dienone is 1. The van der Waals surface area contributed by atoms with Crippen molar-refractivity contribution in [3.8, 4) is 0 Å². The van der Waals surface area contributed by atoms with Crippen LogP contribution < -0.4 is 0 Å². The molecule has 0 aromatic heterocycles. The van der Waals surface area contributed by atoms with E-state index in [1.807, 2.05) is 6.08 Å². The van der Waals surface area contributed by atoms with Gasteiger partial charge in [0.1, 0.15) is 0 Å². The third-order valence-corrected chi connectivity index (χ3v) is 6.15. The highest BCUT2D eigenvalue weighted by molar-refractivity contribution is 5.79. The molecule has 0 bridgehead atoms. The van der Waals surface area contributed by atoms with Gasteiger partial charge in [0.25, 0.3) is 0 Å². The molecule has 1 N–H and O–H groups in total.